The maximum atomic E-state index is 12.2. The van der Waals surface area contributed by atoms with Crippen LogP contribution >= 0.6 is 0 Å². The number of carboxylic acids is 1. The predicted molar refractivity (Wildman–Crippen MR) is 101 cm³/mol. The highest BCUT2D eigenvalue weighted by atomic mass is 16.5. The molecule has 0 saturated carbocycles. The van der Waals surface area contributed by atoms with Gasteiger partial charge in [-0.2, -0.15) is 0 Å². The molecule has 0 aliphatic heterocycles. The van der Waals surface area contributed by atoms with Gasteiger partial charge >= 0.3 is 17.7 Å². The summed E-state index contributed by atoms with van der Waals surface area (Å²) in [4.78, 5) is 35.2. The Labute approximate surface area is 159 Å². The van der Waals surface area contributed by atoms with Crippen LogP contribution in [0.1, 0.15) is 11.1 Å². The second kappa shape index (κ2) is 8.26. The number of aliphatic carboxylic acids is 1. The normalized spacial score (nSPS) is 10.5. The Kier molecular flexibility index (Phi) is 5.59. The Morgan fingerprint density at radius 3 is 2.57 bits per heavy atom. The molecule has 2 N–H and O–H groups in total. The number of fused-ring (bicyclic) bond motifs is 1. The lowest BCUT2D eigenvalue weighted by molar-refractivity contribution is -0.136. The number of anilines is 1. The second-order valence-electron chi connectivity index (χ2n) is 5.88. The monoisotopic (exact) mass is 383 g/mol. The average Bonchev–Trinajstić information content (AvgIpc) is 2.67. The Morgan fingerprint density at radius 1 is 1.14 bits per heavy atom. The first kappa shape index (κ1) is 19.0. The van der Waals surface area contributed by atoms with Crippen LogP contribution in [0.5, 0.6) is 5.75 Å². The molecule has 0 aliphatic rings. The summed E-state index contributed by atoms with van der Waals surface area (Å²) in [6.45, 7) is 0.0535. The number of rotatable bonds is 6. The van der Waals surface area contributed by atoms with Gasteiger partial charge in [0.15, 0.2) is 11.3 Å². The van der Waals surface area contributed by atoms with Gasteiger partial charge in [-0.3, -0.25) is 10.1 Å². The number of hydrogen-bond donors (Lipinski definition) is 2. The lowest BCUT2D eigenvalue weighted by Crippen LogP contribution is -2.18. The first-order valence-electron chi connectivity index (χ1n) is 8.31. The third-order valence-corrected chi connectivity index (χ3v) is 3.93. The fourth-order valence-corrected chi connectivity index (χ4v) is 2.68. The van der Waals surface area contributed by atoms with Gasteiger partial charge in [-0.15, -0.1) is 0 Å². The van der Waals surface area contributed by atoms with Crippen LogP contribution in [-0.4, -0.2) is 24.3 Å². The number of carbonyl (C=O) groups is 2. The molecule has 0 saturated heterocycles. The van der Waals surface area contributed by atoms with E-state index in [0.29, 0.717) is 10.9 Å². The van der Waals surface area contributed by atoms with Crippen molar-refractivity contribution >= 4 is 28.7 Å². The van der Waals surface area contributed by atoms with Gasteiger partial charge in [0.1, 0.15) is 12.3 Å². The molecular formula is C20H17NO7. The molecule has 0 bridgehead atoms. The molecule has 2 aromatic carbocycles. The van der Waals surface area contributed by atoms with Gasteiger partial charge in [-0.25, -0.2) is 9.59 Å². The zero-order chi connectivity index (χ0) is 20.1. The van der Waals surface area contributed by atoms with E-state index in [0.717, 1.165) is 5.56 Å². The highest BCUT2D eigenvalue weighted by molar-refractivity contribution is 5.91. The molecule has 0 aliphatic carbocycles. The Bertz CT molecular complexity index is 1070. The van der Waals surface area contributed by atoms with Gasteiger partial charge in [0.25, 0.3) is 0 Å². The number of carbonyl (C=O) groups excluding carboxylic acids is 1. The van der Waals surface area contributed by atoms with E-state index in [-0.39, 0.29) is 30.0 Å². The van der Waals surface area contributed by atoms with Crippen LogP contribution in [0.2, 0.25) is 0 Å². The van der Waals surface area contributed by atoms with E-state index < -0.39 is 17.7 Å². The summed E-state index contributed by atoms with van der Waals surface area (Å²) in [6.07, 6.45) is -1.08. The van der Waals surface area contributed by atoms with Gasteiger partial charge < -0.3 is 19.0 Å². The highest BCUT2D eigenvalue weighted by Crippen LogP contribution is 2.30. The molecule has 1 aromatic heterocycles. The molecule has 0 radical (unpaired) electrons. The fourth-order valence-electron chi connectivity index (χ4n) is 2.68. The zero-order valence-corrected chi connectivity index (χ0v) is 14.9. The average molecular weight is 383 g/mol. The van der Waals surface area contributed by atoms with Gasteiger partial charge in [-0.05, 0) is 11.6 Å². The van der Waals surface area contributed by atoms with Crippen molar-refractivity contribution in [3.8, 4) is 5.75 Å². The van der Waals surface area contributed by atoms with Crippen molar-refractivity contribution in [2.24, 2.45) is 0 Å². The Hall–Kier alpha value is -3.81. The molecule has 28 heavy (non-hydrogen) atoms. The minimum Gasteiger partial charge on any atom is -0.493 e. The third-order valence-electron chi connectivity index (χ3n) is 3.93. The zero-order valence-electron chi connectivity index (χ0n) is 14.9. The van der Waals surface area contributed by atoms with E-state index in [1.54, 1.807) is 24.3 Å². The topological polar surface area (TPSA) is 115 Å². The van der Waals surface area contributed by atoms with Crippen molar-refractivity contribution in [1.82, 2.24) is 0 Å². The summed E-state index contributed by atoms with van der Waals surface area (Å²) in [6, 6.07) is 13.7. The van der Waals surface area contributed by atoms with Crippen molar-refractivity contribution < 1.29 is 28.6 Å². The van der Waals surface area contributed by atoms with Crippen LogP contribution in [0, 0.1) is 0 Å². The number of methoxy groups -OCH3 is 1. The van der Waals surface area contributed by atoms with Gasteiger partial charge in [-0.1, -0.05) is 42.5 Å². The molecular weight excluding hydrogens is 366 g/mol. The maximum absolute atomic E-state index is 12.2. The maximum Gasteiger partial charge on any atom is 0.412 e. The van der Waals surface area contributed by atoms with Crippen LogP contribution in [0.4, 0.5) is 10.5 Å². The lowest BCUT2D eigenvalue weighted by Gasteiger charge is -2.11. The standard InChI is InChI=1S/C20H17NO7/c1-26-17-14(10-16(22)23)8-7-13-9-15(19(24)28-18(13)17)21-20(25)27-11-12-5-3-2-4-6-12/h2-9H,10-11H2,1H3,(H,21,25)(H,22,23). The van der Waals surface area contributed by atoms with Crippen LogP contribution in [0.25, 0.3) is 11.0 Å². The van der Waals surface area contributed by atoms with Crippen molar-refractivity contribution in [3.05, 3.63) is 70.1 Å². The summed E-state index contributed by atoms with van der Waals surface area (Å²) >= 11 is 0. The van der Waals surface area contributed by atoms with Gasteiger partial charge in [0.05, 0.1) is 13.5 Å². The van der Waals surface area contributed by atoms with E-state index in [9.17, 15) is 14.4 Å². The van der Waals surface area contributed by atoms with Crippen LogP contribution in [0.3, 0.4) is 0 Å². The second-order valence-corrected chi connectivity index (χ2v) is 5.88. The molecule has 0 atom stereocenters. The van der Waals surface area contributed by atoms with Gasteiger partial charge in [0.2, 0.25) is 0 Å². The number of hydrogen-bond acceptors (Lipinski definition) is 6. The van der Waals surface area contributed by atoms with E-state index in [1.165, 1.54) is 13.2 Å². The largest absolute Gasteiger partial charge is 0.493 e. The van der Waals surface area contributed by atoms with Crippen LogP contribution < -0.4 is 15.7 Å². The Balaban J connectivity index is 1.82. The van der Waals surface area contributed by atoms with E-state index in [4.69, 9.17) is 19.0 Å². The molecule has 1 heterocycles. The summed E-state index contributed by atoms with van der Waals surface area (Å²) in [5.74, 6) is -0.880. The van der Waals surface area contributed by atoms with E-state index in [2.05, 4.69) is 5.32 Å². The van der Waals surface area contributed by atoms with Crippen molar-refractivity contribution in [2.75, 3.05) is 12.4 Å². The minimum atomic E-state index is -1.04. The molecule has 8 heteroatoms. The van der Waals surface area contributed by atoms with Crippen molar-refractivity contribution in [1.29, 1.82) is 0 Å². The first-order valence-corrected chi connectivity index (χ1v) is 8.31. The van der Waals surface area contributed by atoms with E-state index in [1.807, 2.05) is 18.2 Å². The van der Waals surface area contributed by atoms with Gasteiger partial charge in [0, 0.05) is 10.9 Å². The summed E-state index contributed by atoms with van der Waals surface area (Å²) in [5, 5.41) is 11.8. The lowest BCUT2D eigenvalue weighted by atomic mass is 10.1. The number of benzene rings is 2. The molecule has 0 unspecified atom stereocenters. The molecule has 144 valence electrons. The molecule has 0 spiro atoms. The SMILES string of the molecule is COc1c(CC(=O)O)ccc2cc(NC(=O)OCc3ccccc3)c(=O)oc12. The summed E-state index contributed by atoms with van der Waals surface area (Å²) < 4.78 is 15.6. The third kappa shape index (κ3) is 4.29. The Morgan fingerprint density at radius 2 is 1.89 bits per heavy atom. The number of amides is 1. The van der Waals surface area contributed by atoms with E-state index >= 15 is 0 Å². The summed E-state index contributed by atoms with van der Waals surface area (Å²) in [5.41, 5.74) is 0.371. The predicted octanol–water partition coefficient (Wildman–Crippen LogP) is 3.18. The van der Waals surface area contributed by atoms with Crippen molar-refractivity contribution in [2.45, 2.75) is 13.0 Å². The first-order chi connectivity index (χ1) is 13.5. The molecule has 3 aromatic rings. The molecule has 1 amide bonds. The number of nitrogens with one attached hydrogen (secondary N) is 1. The summed E-state index contributed by atoms with van der Waals surface area (Å²) in [7, 11) is 1.35. The number of ether oxygens (including phenoxy) is 2. The van der Waals surface area contributed by atoms with Crippen LogP contribution in [0.15, 0.2) is 57.7 Å². The molecule has 8 nitrogen and oxygen atoms in total. The smallest absolute Gasteiger partial charge is 0.412 e. The van der Waals surface area contributed by atoms with Crippen LogP contribution in [-0.2, 0) is 22.6 Å². The van der Waals surface area contributed by atoms with Crippen molar-refractivity contribution in [3.63, 3.8) is 0 Å². The minimum absolute atomic E-state index is 0.0535. The number of carboxylic acid groups (broad SMARTS) is 1. The highest BCUT2D eigenvalue weighted by Gasteiger charge is 2.16. The molecule has 3 rings (SSSR count). The molecule has 0 fully saturated rings. The quantitative estimate of drug-likeness (QED) is 0.628. The fraction of sp³-hybridized carbons (Fsp3) is 0.150.